The van der Waals surface area contributed by atoms with Gasteiger partial charge in [-0.1, -0.05) is 34.8 Å². The molecule has 12 heteroatoms. The van der Waals surface area contributed by atoms with Crippen molar-refractivity contribution in [1.29, 1.82) is 0 Å². The van der Waals surface area contributed by atoms with Gasteiger partial charge in [0.25, 0.3) is 0 Å². The van der Waals surface area contributed by atoms with E-state index in [9.17, 15) is 30.7 Å². The predicted molar refractivity (Wildman–Crippen MR) is 84.6 cm³/mol. The van der Waals surface area contributed by atoms with E-state index < -0.39 is 39.4 Å². The van der Waals surface area contributed by atoms with Crippen molar-refractivity contribution in [1.82, 2.24) is 0 Å². The molecule has 23 heavy (non-hydrogen) atoms. The summed E-state index contributed by atoms with van der Waals surface area (Å²) in [6.07, 6.45) is -13.4. The molecule has 1 rings (SSSR count). The Morgan fingerprint density at radius 3 is 1.78 bits per heavy atom. The Balaban J connectivity index is 3.80. The van der Waals surface area contributed by atoms with Gasteiger partial charge in [-0.3, -0.25) is 0 Å². The molecule has 0 heterocycles. The monoisotopic (exact) mass is 579 g/mol. The molecule has 0 saturated carbocycles. The molecule has 131 valence electrons. The van der Waals surface area contributed by atoms with Crippen LogP contribution >= 0.6 is 73.3 Å². The van der Waals surface area contributed by atoms with Gasteiger partial charge in [-0.05, 0) is 50.2 Å². The van der Waals surface area contributed by atoms with Gasteiger partial charge >= 0.3 is 18.0 Å². The van der Waals surface area contributed by atoms with E-state index in [1.807, 2.05) is 0 Å². The van der Waals surface area contributed by atoms with Crippen LogP contribution in [0.25, 0.3) is 0 Å². The number of rotatable bonds is 2. The second-order valence-electron chi connectivity index (χ2n) is 4.27. The number of alkyl halides is 10. The van der Waals surface area contributed by atoms with Gasteiger partial charge in [0, 0.05) is 26.1 Å². The van der Waals surface area contributed by atoms with Crippen LogP contribution in [0.1, 0.15) is 11.1 Å². The molecule has 0 saturated heterocycles. The summed E-state index contributed by atoms with van der Waals surface area (Å²) in [5, 5.41) is 0. The molecule has 0 fully saturated rings. The molecule has 1 radical (unpaired) electrons. The highest BCUT2D eigenvalue weighted by Gasteiger charge is 2.74. The zero-order valence-corrected chi connectivity index (χ0v) is 16.3. The third-order valence-corrected chi connectivity index (χ3v) is 4.28. The first-order valence-electron chi connectivity index (χ1n) is 5.30. The number of benzene rings is 1. The average molecular weight is 581 g/mol. The van der Waals surface area contributed by atoms with Gasteiger partial charge in [-0.25, -0.2) is 4.39 Å². The van der Waals surface area contributed by atoms with Gasteiger partial charge in [-0.15, -0.1) is 0 Å². The van der Waals surface area contributed by atoms with Crippen LogP contribution in [0.15, 0.2) is 10.5 Å². The topological polar surface area (TPSA) is 0 Å². The van der Waals surface area contributed by atoms with Crippen LogP contribution < -0.4 is 0 Å². The van der Waals surface area contributed by atoms with Crippen LogP contribution in [0.3, 0.4) is 0 Å². The molecule has 0 aliphatic carbocycles. The first-order valence-corrected chi connectivity index (χ1v) is 8.31. The van der Waals surface area contributed by atoms with Gasteiger partial charge < -0.3 is 0 Å². The fourth-order valence-corrected chi connectivity index (χ4v) is 3.62. The van der Waals surface area contributed by atoms with Gasteiger partial charge in [0.15, 0.2) is 3.79 Å². The minimum Gasteiger partial charge on any atom is -0.218 e. The summed E-state index contributed by atoms with van der Waals surface area (Å²) in [7, 11) is 0. The Bertz CT molecular complexity index is 581. The molecule has 0 spiro atoms. The predicted octanol–water partition coefficient (Wildman–Crippen LogP) is 7.06. The van der Waals surface area contributed by atoms with Gasteiger partial charge in [-0.2, -0.15) is 26.3 Å². The van der Waals surface area contributed by atoms with Gasteiger partial charge in [0.1, 0.15) is 0 Å². The van der Waals surface area contributed by atoms with Crippen molar-refractivity contribution >= 4 is 73.3 Å². The van der Waals surface area contributed by atoms with Gasteiger partial charge in [0.05, 0.1) is 0 Å². The summed E-state index contributed by atoms with van der Waals surface area (Å²) in [4.78, 5) is 0. The highest BCUT2D eigenvalue weighted by Crippen LogP contribution is 2.55. The summed E-state index contributed by atoms with van der Waals surface area (Å²) < 4.78 is 89.2. The van der Waals surface area contributed by atoms with Crippen LogP contribution in [0.4, 0.5) is 30.7 Å². The van der Waals surface area contributed by atoms with Crippen molar-refractivity contribution in [3.8, 4) is 0 Å². The molecule has 0 aromatic heterocycles. The molecule has 0 bridgehead atoms. The lowest BCUT2D eigenvalue weighted by Gasteiger charge is -2.32. The third kappa shape index (κ3) is 4.71. The summed E-state index contributed by atoms with van der Waals surface area (Å²) in [6, 6.07) is 2.78. The van der Waals surface area contributed by atoms with Crippen molar-refractivity contribution in [2.75, 3.05) is 0 Å². The summed E-state index contributed by atoms with van der Waals surface area (Å²) in [5.74, 6) is 0. The molecule has 1 aromatic carbocycles. The maximum Gasteiger partial charge on any atom is 0.435 e. The van der Waals surface area contributed by atoms with E-state index in [0.717, 1.165) is 0 Å². The molecule has 0 amide bonds. The summed E-state index contributed by atoms with van der Waals surface area (Å²) in [6.45, 7) is 0. The zero-order valence-electron chi connectivity index (χ0n) is 10.3. The van der Waals surface area contributed by atoms with Gasteiger partial charge in [0.2, 0.25) is 0 Å². The maximum absolute atomic E-state index is 14.3. The quantitative estimate of drug-likeness (QED) is 0.200. The highest BCUT2D eigenvalue weighted by atomic mass is 127. The largest absolute Gasteiger partial charge is 0.435 e. The van der Waals surface area contributed by atoms with Crippen LogP contribution in [-0.2, 0) is 12.1 Å². The first kappa shape index (κ1) is 21.9. The van der Waals surface area contributed by atoms with E-state index in [2.05, 4.69) is 22.0 Å². The fourth-order valence-electron chi connectivity index (χ4n) is 1.70. The van der Waals surface area contributed by atoms with Crippen molar-refractivity contribution in [3.05, 3.63) is 31.3 Å². The Labute approximate surface area is 162 Å². The standard InChI is InChI=1S/C11H3BrCl3F7I/c12-7-2-4(23)1-6(5(7)3-8(13,14)15)9(16,10(17,18)19)11(20,21)22/h1H,3H2. The maximum atomic E-state index is 14.3. The molecule has 0 aliphatic rings. The van der Waals surface area contributed by atoms with E-state index in [1.165, 1.54) is 22.6 Å². The minimum atomic E-state index is -6.27. The van der Waals surface area contributed by atoms with Crippen LogP contribution in [-0.4, -0.2) is 16.1 Å². The Kier molecular flexibility index (Phi) is 6.50. The number of halogens is 12. The van der Waals surface area contributed by atoms with E-state index in [0.29, 0.717) is 6.07 Å². The SMILES string of the molecule is FC(F)(F)C(F)(c1cc(I)[c]c(Br)c1CC(Cl)(Cl)Cl)C(F)(F)F. The van der Waals surface area contributed by atoms with Crippen molar-refractivity contribution in [3.63, 3.8) is 0 Å². The zero-order chi connectivity index (χ0) is 18.4. The van der Waals surface area contributed by atoms with Crippen LogP contribution in [0.2, 0.25) is 0 Å². The van der Waals surface area contributed by atoms with Crippen molar-refractivity contribution in [2.24, 2.45) is 0 Å². The molecule has 0 nitrogen and oxygen atoms in total. The van der Waals surface area contributed by atoms with Crippen LogP contribution in [0, 0.1) is 9.64 Å². The third-order valence-electron chi connectivity index (χ3n) is 2.62. The van der Waals surface area contributed by atoms with E-state index >= 15 is 0 Å². The number of hydrogen-bond donors (Lipinski definition) is 0. The summed E-state index contributed by atoms with van der Waals surface area (Å²) >= 11 is 20.5. The molecule has 0 aliphatic heterocycles. The Morgan fingerprint density at radius 1 is 1.00 bits per heavy atom. The van der Waals surface area contributed by atoms with E-state index in [1.54, 1.807) is 0 Å². The second kappa shape index (κ2) is 6.85. The van der Waals surface area contributed by atoms with E-state index in [4.69, 9.17) is 34.8 Å². The minimum absolute atomic E-state index is 0.187. The molecule has 0 atom stereocenters. The Morgan fingerprint density at radius 2 is 1.43 bits per heavy atom. The van der Waals surface area contributed by atoms with Crippen molar-refractivity contribution < 1.29 is 30.7 Å². The first-order chi connectivity index (χ1) is 10.0. The second-order valence-corrected chi connectivity index (χ2v) is 8.74. The molecule has 0 N–H and O–H groups in total. The van der Waals surface area contributed by atoms with Crippen LogP contribution in [0.5, 0.6) is 0 Å². The molecule has 1 aromatic rings. The molecular weight excluding hydrogens is 578 g/mol. The Hall–Kier alpha value is 0.810. The molecule has 0 unspecified atom stereocenters. The average Bonchev–Trinajstić information content (AvgIpc) is 2.26. The lowest BCUT2D eigenvalue weighted by Crippen LogP contribution is -2.51. The highest BCUT2D eigenvalue weighted by molar-refractivity contribution is 14.1. The lowest BCUT2D eigenvalue weighted by atomic mass is 9.89. The normalized spacial score (nSPS) is 14.3. The summed E-state index contributed by atoms with van der Waals surface area (Å²) in [5.41, 5.74) is -8.11. The smallest absolute Gasteiger partial charge is 0.218 e. The molecular formula is C11H3BrCl3F7I. The van der Waals surface area contributed by atoms with E-state index in [-0.39, 0.29) is 8.04 Å². The van der Waals surface area contributed by atoms with Crippen molar-refractivity contribution in [2.45, 2.75) is 28.2 Å². The lowest BCUT2D eigenvalue weighted by molar-refractivity contribution is -0.348. The number of hydrogen-bond acceptors (Lipinski definition) is 0. The fraction of sp³-hybridized carbons (Fsp3) is 0.455.